The molecule has 224 valence electrons. The number of aliphatic hydroxyl groups is 2. The third kappa shape index (κ3) is 7.87. The number of carbonyl (C=O) groups is 1. The van der Waals surface area contributed by atoms with Crippen molar-refractivity contribution >= 4 is 11.7 Å². The Morgan fingerprint density at radius 1 is 1.00 bits per heavy atom. The predicted octanol–water partition coefficient (Wildman–Crippen LogP) is 4.94. The Morgan fingerprint density at radius 2 is 1.68 bits per heavy atom. The van der Waals surface area contributed by atoms with Gasteiger partial charge in [0.1, 0.15) is 17.8 Å². The summed E-state index contributed by atoms with van der Waals surface area (Å²) in [4.78, 5) is 20.6. The van der Waals surface area contributed by atoms with Gasteiger partial charge < -0.3 is 20.8 Å². The number of amides is 1. The van der Waals surface area contributed by atoms with E-state index in [4.69, 9.17) is 0 Å². The molecule has 3 rings (SSSR count). The molecular formula is C24H22F9N5O3. The van der Waals surface area contributed by atoms with Crippen LogP contribution in [0.3, 0.4) is 0 Å². The zero-order valence-corrected chi connectivity index (χ0v) is 20.9. The van der Waals surface area contributed by atoms with Gasteiger partial charge in [-0.05, 0) is 30.7 Å². The van der Waals surface area contributed by atoms with E-state index in [0.717, 1.165) is 30.6 Å². The fourth-order valence-corrected chi connectivity index (χ4v) is 3.90. The van der Waals surface area contributed by atoms with Gasteiger partial charge in [0, 0.05) is 17.3 Å². The zero-order chi connectivity index (χ0) is 30.8. The quantitative estimate of drug-likeness (QED) is 0.260. The number of hydrogen-bond donors (Lipinski definition) is 4. The van der Waals surface area contributed by atoms with Crippen LogP contribution in [0.25, 0.3) is 11.3 Å². The molecule has 0 aliphatic carbocycles. The minimum Gasteiger partial charge on any atom is -0.394 e. The van der Waals surface area contributed by atoms with Crippen LogP contribution in [-0.4, -0.2) is 56.1 Å². The van der Waals surface area contributed by atoms with Crippen molar-refractivity contribution in [2.45, 2.75) is 44.1 Å². The van der Waals surface area contributed by atoms with E-state index in [1.165, 1.54) is 6.92 Å². The summed E-state index contributed by atoms with van der Waals surface area (Å²) >= 11 is 0. The smallest absolute Gasteiger partial charge is 0.394 e. The highest BCUT2D eigenvalue weighted by atomic mass is 19.4. The molecule has 0 fully saturated rings. The van der Waals surface area contributed by atoms with E-state index in [1.54, 1.807) is 0 Å². The molecule has 0 saturated heterocycles. The molecule has 2 atom stereocenters. The molecule has 1 aromatic carbocycles. The van der Waals surface area contributed by atoms with Crippen molar-refractivity contribution in [2.75, 3.05) is 18.5 Å². The molecule has 2 heterocycles. The Labute approximate surface area is 225 Å². The Hall–Kier alpha value is -3.86. The van der Waals surface area contributed by atoms with E-state index in [0.29, 0.717) is 12.3 Å². The van der Waals surface area contributed by atoms with Crippen molar-refractivity contribution in [1.29, 1.82) is 0 Å². The number of aliphatic hydroxyl groups excluding tert-OH is 2. The lowest BCUT2D eigenvalue weighted by Crippen LogP contribution is -2.34. The van der Waals surface area contributed by atoms with Gasteiger partial charge in [-0.2, -0.15) is 26.3 Å². The molecule has 0 saturated carbocycles. The molecule has 0 bridgehead atoms. The number of carbonyl (C=O) groups excluding carboxylic acids is 1. The van der Waals surface area contributed by atoms with E-state index in [1.807, 2.05) is 0 Å². The summed E-state index contributed by atoms with van der Waals surface area (Å²) in [6.45, 7) is -0.596. The van der Waals surface area contributed by atoms with Gasteiger partial charge in [-0.3, -0.25) is 9.36 Å². The van der Waals surface area contributed by atoms with Crippen molar-refractivity contribution in [1.82, 2.24) is 19.9 Å². The highest BCUT2D eigenvalue weighted by molar-refractivity contribution is 5.94. The third-order valence-electron chi connectivity index (χ3n) is 5.83. The van der Waals surface area contributed by atoms with E-state index < -0.39 is 67.5 Å². The van der Waals surface area contributed by atoms with Crippen LogP contribution < -0.4 is 10.6 Å². The summed E-state index contributed by atoms with van der Waals surface area (Å²) in [6, 6.07) is 1.24. The first kappa shape index (κ1) is 31.7. The summed E-state index contributed by atoms with van der Waals surface area (Å²) in [5.41, 5.74) is -2.84. The monoisotopic (exact) mass is 599 g/mol. The lowest BCUT2D eigenvalue weighted by molar-refractivity contribution is -0.204. The summed E-state index contributed by atoms with van der Waals surface area (Å²) < 4.78 is 119. The summed E-state index contributed by atoms with van der Waals surface area (Å²) in [5.74, 6) is -1.62. The first-order chi connectivity index (χ1) is 18.9. The molecule has 0 radical (unpaired) electrons. The Balaban J connectivity index is 1.97. The van der Waals surface area contributed by atoms with Crippen molar-refractivity contribution in [3.8, 4) is 11.3 Å². The van der Waals surface area contributed by atoms with Gasteiger partial charge in [0.2, 0.25) is 0 Å². The zero-order valence-electron chi connectivity index (χ0n) is 20.9. The molecule has 8 nitrogen and oxygen atoms in total. The highest BCUT2D eigenvalue weighted by Gasteiger charge is 2.37. The fourth-order valence-electron chi connectivity index (χ4n) is 3.90. The minimum atomic E-state index is -5.16. The number of rotatable bonds is 9. The van der Waals surface area contributed by atoms with Crippen LogP contribution in [0, 0.1) is 6.92 Å². The molecule has 0 aliphatic rings. The van der Waals surface area contributed by atoms with Crippen LogP contribution in [0.5, 0.6) is 0 Å². The molecule has 41 heavy (non-hydrogen) atoms. The van der Waals surface area contributed by atoms with Crippen molar-refractivity contribution in [3.05, 3.63) is 65.2 Å². The molecule has 17 heteroatoms. The first-order valence-electron chi connectivity index (χ1n) is 11.6. The number of nitrogens with one attached hydrogen (secondary N) is 2. The van der Waals surface area contributed by atoms with Crippen LogP contribution in [-0.2, 0) is 12.5 Å². The molecule has 0 aliphatic heterocycles. The highest BCUT2D eigenvalue weighted by Crippen LogP contribution is 2.34. The summed E-state index contributed by atoms with van der Waals surface area (Å²) in [6.07, 6.45) is -14.6. The lowest BCUT2D eigenvalue weighted by atomic mass is 10.0. The molecule has 1 amide bonds. The van der Waals surface area contributed by atoms with Gasteiger partial charge in [-0.25, -0.2) is 9.97 Å². The van der Waals surface area contributed by atoms with Gasteiger partial charge in [-0.1, -0.05) is 12.1 Å². The van der Waals surface area contributed by atoms with Gasteiger partial charge in [0.05, 0.1) is 43.0 Å². The van der Waals surface area contributed by atoms with E-state index in [9.17, 15) is 54.5 Å². The number of anilines is 1. The molecule has 2 aromatic heterocycles. The van der Waals surface area contributed by atoms with Crippen LogP contribution >= 0.6 is 0 Å². The van der Waals surface area contributed by atoms with Crippen LogP contribution in [0.15, 0.2) is 42.9 Å². The Kier molecular flexibility index (Phi) is 9.22. The SMILES string of the molecule is Cc1c(NC(CO)CC(F)(F)F)ncnc1-c1cc(C(=O)N[C@@H](CO)c2cccc(C(F)(F)F)c2)n(C(F)(F)F)c1. The maximum absolute atomic E-state index is 13.8. The maximum Gasteiger partial charge on any atom is 0.489 e. The second kappa shape index (κ2) is 11.9. The van der Waals surface area contributed by atoms with Crippen molar-refractivity contribution in [2.24, 2.45) is 0 Å². The number of benzene rings is 1. The van der Waals surface area contributed by atoms with Gasteiger partial charge in [0.15, 0.2) is 0 Å². The number of halogens is 9. The Bertz CT molecular complexity index is 1370. The second-order valence-corrected chi connectivity index (χ2v) is 8.82. The topological polar surface area (TPSA) is 112 Å². The largest absolute Gasteiger partial charge is 0.489 e. The number of alkyl halides is 9. The van der Waals surface area contributed by atoms with E-state index in [-0.39, 0.29) is 32.8 Å². The molecule has 4 N–H and O–H groups in total. The fraction of sp³-hybridized carbons (Fsp3) is 0.375. The van der Waals surface area contributed by atoms with E-state index >= 15 is 0 Å². The Morgan fingerprint density at radius 3 is 2.24 bits per heavy atom. The average Bonchev–Trinajstić information content (AvgIpc) is 3.33. The average molecular weight is 599 g/mol. The van der Waals surface area contributed by atoms with E-state index in [2.05, 4.69) is 20.6 Å². The van der Waals surface area contributed by atoms with Gasteiger partial charge in [-0.15, -0.1) is 13.2 Å². The van der Waals surface area contributed by atoms with Crippen LogP contribution in [0.1, 0.15) is 39.6 Å². The molecule has 3 aromatic rings. The van der Waals surface area contributed by atoms with Crippen LogP contribution in [0.4, 0.5) is 45.3 Å². The molecule has 0 spiro atoms. The summed E-state index contributed by atoms with van der Waals surface area (Å²) in [7, 11) is 0. The van der Waals surface area contributed by atoms with Crippen molar-refractivity contribution in [3.63, 3.8) is 0 Å². The van der Waals surface area contributed by atoms with Gasteiger partial charge >= 0.3 is 18.7 Å². The third-order valence-corrected chi connectivity index (χ3v) is 5.83. The normalized spacial score (nSPS) is 14.0. The number of hydrogen-bond acceptors (Lipinski definition) is 6. The first-order valence-corrected chi connectivity index (χ1v) is 11.6. The van der Waals surface area contributed by atoms with Crippen LogP contribution in [0.2, 0.25) is 0 Å². The van der Waals surface area contributed by atoms with Crippen molar-refractivity contribution < 1.29 is 54.5 Å². The standard InChI is InChI=1S/C24H22F9N5O3/c1-12-19(34-11-35-20(12)36-16(9-39)7-22(25,26)27)14-6-18(38(8-14)24(31,32)33)21(41)37-17(10-40)13-3-2-4-15(5-13)23(28,29)30/h2-6,8,11,16-17,39-40H,7,9-10H2,1H3,(H,37,41)(H,34,35,36)/t16?,17-/m0/s1. The number of nitrogens with zero attached hydrogens (tertiary/aromatic N) is 3. The summed E-state index contributed by atoms with van der Waals surface area (Å²) in [5, 5.41) is 23.4. The van der Waals surface area contributed by atoms with Gasteiger partial charge in [0.25, 0.3) is 5.91 Å². The predicted molar refractivity (Wildman–Crippen MR) is 125 cm³/mol. The lowest BCUT2D eigenvalue weighted by Gasteiger charge is -2.20. The minimum absolute atomic E-state index is 0.00314. The second-order valence-electron chi connectivity index (χ2n) is 8.82. The number of aromatic nitrogens is 3. The molecule has 1 unspecified atom stereocenters. The maximum atomic E-state index is 13.8. The molecular weight excluding hydrogens is 577 g/mol.